The van der Waals surface area contributed by atoms with Crippen LogP contribution in [0.25, 0.3) is 10.2 Å². The van der Waals surface area contributed by atoms with Gasteiger partial charge in [0.25, 0.3) is 0 Å². The molecule has 1 aliphatic rings. The van der Waals surface area contributed by atoms with E-state index in [-0.39, 0.29) is 17.9 Å². The first-order valence-electron chi connectivity index (χ1n) is 7.71. The predicted molar refractivity (Wildman–Crippen MR) is 91.7 cm³/mol. The fraction of sp³-hybridized carbons (Fsp3) is 0.500. The Bertz CT molecular complexity index is 717. The number of aromatic nitrogens is 1. The molecule has 2 amide bonds. The zero-order chi connectivity index (χ0) is 16.6. The van der Waals surface area contributed by atoms with Crippen LogP contribution in [-0.4, -0.2) is 61.1 Å². The molecule has 2 aromatic rings. The van der Waals surface area contributed by atoms with Gasteiger partial charge in [0.1, 0.15) is 11.3 Å². The van der Waals surface area contributed by atoms with Crippen LogP contribution >= 0.6 is 11.3 Å². The number of amides is 2. The highest BCUT2D eigenvalue weighted by atomic mass is 32.1. The van der Waals surface area contributed by atoms with Crippen LogP contribution in [0, 0.1) is 5.82 Å². The molecule has 1 atom stereocenters. The van der Waals surface area contributed by atoms with Crippen LogP contribution in [-0.2, 0) is 0 Å². The Hall–Kier alpha value is -1.89. The molecule has 5 nitrogen and oxygen atoms in total. The minimum atomic E-state index is -0.279. The van der Waals surface area contributed by atoms with Crippen LogP contribution in [0.5, 0.6) is 0 Å². The van der Waals surface area contributed by atoms with Crippen LogP contribution < -0.4 is 4.90 Å². The first-order chi connectivity index (χ1) is 11.0. The van der Waals surface area contributed by atoms with E-state index >= 15 is 0 Å². The molecule has 0 saturated carbocycles. The molecular formula is C16H21FN4OS. The van der Waals surface area contributed by atoms with Gasteiger partial charge in [0.05, 0.1) is 10.7 Å². The largest absolute Gasteiger partial charge is 0.346 e. The molecule has 1 aliphatic heterocycles. The summed E-state index contributed by atoms with van der Waals surface area (Å²) in [6.07, 6.45) is 1.97. The second kappa shape index (κ2) is 6.31. The Morgan fingerprint density at radius 1 is 1.39 bits per heavy atom. The van der Waals surface area contributed by atoms with Crippen molar-refractivity contribution in [3.8, 4) is 0 Å². The summed E-state index contributed by atoms with van der Waals surface area (Å²) in [5.41, 5.74) is 0.437. The number of hydrogen-bond donors (Lipinski definition) is 0. The van der Waals surface area contributed by atoms with E-state index in [1.165, 1.54) is 17.4 Å². The average molecular weight is 336 g/mol. The maximum absolute atomic E-state index is 13.8. The molecule has 0 radical (unpaired) electrons. The Labute approximate surface area is 139 Å². The van der Waals surface area contributed by atoms with Crippen molar-refractivity contribution in [3.63, 3.8) is 0 Å². The van der Waals surface area contributed by atoms with E-state index in [9.17, 15) is 9.18 Å². The van der Waals surface area contributed by atoms with Crippen LogP contribution in [0.1, 0.15) is 12.8 Å². The summed E-state index contributed by atoms with van der Waals surface area (Å²) in [5.74, 6) is -0.279. The standard InChI is InChI=1S/C16H21FN4OS/c1-19(2)16(22)20(3)11-6-5-9-21(10-11)15-18-14-12(17)7-4-8-13(14)23-15/h4,7-8,11H,5-6,9-10H2,1-3H3. The van der Waals surface area contributed by atoms with Gasteiger partial charge in [0.15, 0.2) is 5.13 Å². The Morgan fingerprint density at radius 3 is 2.87 bits per heavy atom. The van der Waals surface area contributed by atoms with Crippen molar-refractivity contribution in [1.29, 1.82) is 0 Å². The molecule has 23 heavy (non-hydrogen) atoms. The zero-order valence-corrected chi connectivity index (χ0v) is 14.4. The highest BCUT2D eigenvalue weighted by molar-refractivity contribution is 7.22. The van der Waals surface area contributed by atoms with E-state index in [2.05, 4.69) is 9.88 Å². The summed E-state index contributed by atoms with van der Waals surface area (Å²) in [4.78, 5) is 22.2. The maximum atomic E-state index is 13.8. The number of nitrogens with zero attached hydrogens (tertiary/aromatic N) is 4. The number of urea groups is 1. The number of anilines is 1. The maximum Gasteiger partial charge on any atom is 0.319 e. The van der Waals surface area contributed by atoms with E-state index in [0.717, 1.165) is 35.8 Å². The van der Waals surface area contributed by atoms with Crippen molar-refractivity contribution < 1.29 is 9.18 Å². The monoisotopic (exact) mass is 336 g/mol. The zero-order valence-electron chi connectivity index (χ0n) is 13.6. The van der Waals surface area contributed by atoms with Gasteiger partial charge in [0, 0.05) is 34.2 Å². The molecule has 1 unspecified atom stereocenters. The van der Waals surface area contributed by atoms with E-state index < -0.39 is 0 Å². The second-order valence-electron chi connectivity index (χ2n) is 6.11. The molecule has 1 aromatic carbocycles. The van der Waals surface area contributed by atoms with Gasteiger partial charge in [-0.15, -0.1) is 0 Å². The number of carbonyl (C=O) groups is 1. The molecule has 0 aliphatic carbocycles. The van der Waals surface area contributed by atoms with Crippen molar-refractivity contribution in [1.82, 2.24) is 14.8 Å². The Kier molecular flexibility index (Phi) is 4.39. The molecule has 3 rings (SSSR count). The van der Waals surface area contributed by atoms with Crippen molar-refractivity contribution in [2.24, 2.45) is 0 Å². The van der Waals surface area contributed by atoms with Gasteiger partial charge in [-0.3, -0.25) is 0 Å². The summed E-state index contributed by atoms with van der Waals surface area (Å²) < 4.78 is 14.7. The summed E-state index contributed by atoms with van der Waals surface area (Å²) >= 11 is 1.51. The van der Waals surface area contributed by atoms with Crippen molar-refractivity contribution in [2.45, 2.75) is 18.9 Å². The van der Waals surface area contributed by atoms with E-state index in [0.29, 0.717) is 5.52 Å². The third kappa shape index (κ3) is 3.10. The predicted octanol–water partition coefficient (Wildman–Crippen LogP) is 3.02. The number of thiazole rings is 1. The number of likely N-dealkylation sites (N-methyl/N-ethyl adjacent to an activating group) is 1. The molecule has 0 spiro atoms. The van der Waals surface area contributed by atoms with Crippen LogP contribution in [0.3, 0.4) is 0 Å². The number of benzene rings is 1. The van der Waals surface area contributed by atoms with Gasteiger partial charge < -0.3 is 14.7 Å². The lowest BCUT2D eigenvalue weighted by atomic mass is 10.1. The van der Waals surface area contributed by atoms with E-state index in [1.54, 1.807) is 30.0 Å². The molecule has 1 fully saturated rings. The summed E-state index contributed by atoms with van der Waals surface area (Å²) in [7, 11) is 5.36. The summed E-state index contributed by atoms with van der Waals surface area (Å²) in [5, 5.41) is 0.834. The normalized spacial score (nSPS) is 18.3. The average Bonchev–Trinajstić information content (AvgIpc) is 2.99. The van der Waals surface area contributed by atoms with Crippen LogP contribution in [0.15, 0.2) is 18.2 Å². The quantitative estimate of drug-likeness (QED) is 0.846. The topological polar surface area (TPSA) is 39.7 Å². The SMILES string of the molecule is CN(C)C(=O)N(C)C1CCCN(c2nc3c(F)cccc3s2)C1. The van der Waals surface area contributed by atoms with Gasteiger partial charge >= 0.3 is 6.03 Å². The van der Waals surface area contributed by atoms with Crippen molar-refractivity contribution in [3.05, 3.63) is 24.0 Å². The van der Waals surface area contributed by atoms with Crippen molar-refractivity contribution >= 4 is 32.7 Å². The fourth-order valence-electron chi connectivity index (χ4n) is 2.95. The molecule has 2 heterocycles. The first-order valence-corrected chi connectivity index (χ1v) is 8.53. The minimum absolute atomic E-state index is 0.00666. The van der Waals surface area contributed by atoms with Gasteiger partial charge in [-0.05, 0) is 25.0 Å². The highest BCUT2D eigenvalue weighted by Crippen LogP contribution is 2.32. The summed E-state index contributed by atoms with van der Waals surface area (Å²) in [6, 6.07) is 5.20. The number of piperidine rings is 1. The highest BCUT2D eigenvalue weighted by Gasteiger charge is 2.28. The molecular weight excluding hydrogens is 315 g/mol. The number of carbonyl (C=O) groups excluding carboxylic acids is 1. The second-order valence-corrected chi connectivity index (χ2v) is 7.12. The summed E-state index contributed by atoms with van der Waals surface area (Å²) in [6.45, 7) is 1.62. The fourth-order valence-corrected chi connectivity index (χ4v) is 3.97. The van der Waals surface area contributed by atoms with E-state index in [4.69, 9.17) is 0 Å². The van der Waals surface area contributed by atoms with Crippen LogP contribution in [0.2, 0.25) is 0 Å². The van der Waals surface area contributed by atoms with E-state index in [1.807, 2.05) is 13.1 Å². The number of halogens is 1. The molecule has 1 saturated heterocycles. The minimum Gasteiger partial charge on any atom is -0.346 e. The third-order valence-electron chi connectivity index (χ3n) is 4.26. The van der Waals surface area contributed by atoms with Crippen molar-refractivity contribution in [2.75, 3.05) is 39.1 Å². The lowest BCUT2D eigenvalue weighted by Crippen LogP contribution is -2.51. The Morgan fingerprint density at radius 2 is 2.17 bits per heavy atom. The number of fused-ring (bicyclic) bond motifs is 1. The van der Waals surface area contributed by atoms with Crippen LogP contribution in [0.4, 0.5) is 14.3 Å². The molecule has 7 heteroatoms. The number of rotatable bonds is 2. The van der Waals surface area contributed by atoms with Gasteiger partial charge in [0.2, 0.25) is 0 Å². The van der Waals surface area contributed by atoms with Gasteiger partial charge in [-0.25, -0.2) is 14.2 Å². The smallest absolute Gasteiger partial charge is 0.319 e. The molecule has 0 bridgehead atoms. The Balaban J connectivity index is 1.80. The lowest BCUT2D eigenvalue weighted by Gasteiger charge is -2.38. The van der Waals surface area contributed by atoms with Gasteiger partial charge in [-0.2, -0.15) is 0 Å². The molecule has 1 aromatic heterocycles. The lowest BCUT2D eigenvalue weighted by molar-refractivity contribution is 0.157. The first kappa shape index (κ1) is 16.0. The molecule has 0 N–H and O–H groups in total. The molecule has 124 valence electrons. The van der Waals surface area contributed by atoms with Gasteiger partial charge in [-0.1, -0.05) is 17.4 Å². The number of hydrogen-bond acceptors (Lipinski definition) is 4. The number of para-hydroxylation sites is 1. The third-order valence-corrected chi connectivity index (χ3v) is 5.34.